The number of nitrogens with zero attached hydrogens (tertiary/aromatic N) is 6. The van der Waals surface area contributed by atoms with E-state index >= 15 is 0 Å². The molecule has 33 heavy (non-hydrogen) atoms. The molecule has 178 valence electrons. The van der Waals surface area contributed by atoms with Gasteiger partial charge in [-0.25, -0.2) is 0 Å². The topological polar surface area (TPSA) is 65.0 Å². The molecule has 0 unspecified atom stereocenters. The summed E-state index contributed by atoms with van der Waals surface area (Å²) in [4.78, 5) is 21.9. The molecular formula is C24H33ClN6O2. The summed E-state index contributed by atoms with van der Waals surface area (Å²) in [5, 5.41) is 9.60. The number of rotatable bonds is 6. The van der Waals surface area contributed by atoms with Gasteiger partial charge in [-0.15, -0.1) is 10.2 Å². The highest BCUT2D eigenvalue weighted by Crippen LogP contribution is 2.24. The van der Waals surface area contributed by atoms with Crippen molar-refractivity contribution in [2.75, 3.05) is 68.7 Å². The minimum atomic E-state index is -0.959. The Kier molecular flexibility index (Phi) is 7.24. The Morgan fingerprint density at radius 2 is 1.39 bits per heavy atom. The van der Waals surface area contributed by atoms with Crippen LogP contribution in [-0.2, 0) is 4.79 Å². The van der Waals surface area contributed by atoms with Crippen LogP contribution in [0.15, 0.2) is 36.4 Å². The van der Waals surface area contributed by atoms with Crippen LogP contribution in [0.4, 0.5) is 11.6 Å². The summed E-state index contributed by atoms with van der Waals surface area (Å²) >= 11 is 5.94. The highest BCUT2D eigenvalue weighted by Gasteiger charge is 2.36. The first kappa shape index (κ1) is 23.6. The van der Waals surface area contributed by atoms with Crippen molar-refractivity contribution in [1.82, 2.24) is 20.0 Å². The SMILES string of the molecule is CCN1CCN(c2ccc(N3CCN(C(=O)C(C)(C)Oc4ccc(Cl)cc4)CC3)nn2)CC1. The second kappa shape index (κ2) is 10.1. The molecule has 1 aromatic carbocycles. The summed E-state index contributed by atoms with van der Waals surface area (Å²) in [5.41, 5.74) is -0.959. The zero-order valence-corrected chi connectivity index (χ0v) is 20.5. The maximum Gasteiger partial charge on any atom is 0.266 e. The van der Waals surface area contributed by atoms with E-state index in [1.54, 1.807) is 38.1 Å². The molecule has 3 heterocycles. The van der Waals surface area contributed by atoms with Gasteiger partial charge < -0.3 is 24.3 Å². The largest absolute Gasteiger partial charge is 0.478 e. The number of likely N-dealkylation sites (N-methyl/N-ethyl adjacent to an activating group) is 1. The molecule has 0 atom stereocenters. The predicted octanol–water partition coefficient (Wildman–Crippen LogP) is 2.78. The maximum atomic E-state index is 13.1. The van der Waals surface area contributed by atoms with E-state index in [0.29, 0.717) is 37.0 Å². The second-order valence-corrected chi connectivity index (χ2v) is 9.45. The average molecular weight is 473 g/mol. The molecule has 0 saturated carbocycles. The van der Waals surface area contributed by atoms with Gasteiger partial charge in [0.25, 0.3) is 5.91 Å². The molecule has 8 nitrogen and oxygen atoms in total. The van der Waals surface area contributed by atoms with Gasteiger partial charge in [0, 0.05) is 57.4 Å². The fourth-order valence-corrected chi connectivity index (χ4v) is 4.44. The molecule has 9 heteroatoms. The molecule has 4 rings (SSSR count). The first-order valence-electron chi connectivity index (χ1n) is 11.7. The van der Waals surface area contributed by atoms with Crippen molar-refractivity contribution in [1.29, 1.82) is 0 Å². The average Bonchev–Trinajstić information content (AvgIpc) is 2.85. The molecule has 2 fully saturated rings. The van der Waals surface area contributed by atoms with Gasteiger partial charge in [-0.2, -0.15) is 0 Å². The Balaban J connectivity index is 1.30. The Hall–Kier alpha value is -2.58. The third kappa shape index (κ3) is 5.68. The monoisotopic (exact) mass is 472 g/mol. The summed E-state index contributed by atoms with van der Waals surface area (Å²) < 4.78 is 5.97. The first-order chi connectivity index (χ1) is 15.9. The lowest BCUT2D eigenvalue weighted by Crippen LogP contribution is -2.56. The van der Waals surface area contributed by atoms with Gasteiger partial charge in [0.05, 0.1) is 0 Å². The number of hydrogen-bond acceptors (Lipinski definition) is 7. The van der Waals surface area contributed by atoms with E-state index in [1.807, 2.05) is 11.0 Å². The number of aromatic nitrogens is 2. The molecule has 2 saturated heterocycles. The third-order valence-corrected chi connectivity index (χ3v) is 6.62. The van der Waals surface area contributed by atoms with Crippen LogP contribution < -0.4 is 14.5 Å². The molecule has 0 radical (unpaired) electrons. The Bertz CT molecular complexity index is 921. The molecule has 2 aliphatic heterocycles. The fourth-order valence-electron chi connectivity index (χ4n) is 4.31. The number of hydrogen-bond donors (Lipinski definition) is 0. The van der Waals surface area contributed by atoms with E-state index < -0.39 is 5.60 Å². The first-order valence-corrected chi connectivity index (χ1v) is 12.0. The zero-order chi connectivity index (χ0) is 23.4. The Morgan fingerprint density at radius 1 is 0.879 bits per heavy atom. The van der Waals surface area contributed by atoms with E-state index in [0.717, 1.165) is 44.4 Å². The highest BCUT2D eigenvalue weighted by atomic mass is 35.5. The fraction of sp³-hybridized carbons (Fsp3) is 0.542. The van der Waals surface area contributed by atoms with Crippen LogP contribution in [0.25, 0.3) is 0 Å². The van der Waals surface area contributed by atoms with Crippen molar-refractivity contribution in [2.24, 2.45) is 0 Å². The van der Waals surface area contributed by atoms with Crippen LogP contribution in [0.1, 0.15) is 20.8 Å². The summed E-state index contributed by atoms with van der Waals surface area (Å²) in [6.07, 6.45) is 0. The van der Waals surface area contributed by atoms with Crippen molar-refractivity contribution in [3.8, 4) is 5.75 Å². The lowest BCUT2D eigenvalue weighted by Gasteiger charge is -2.39. The van der Waals surface area contributed by atoms with E-state index in [1.165, 1.54) is 0 Å². The van der Waals surface area contributed by atoms with Gasteiger partial charge in [0.15, 0.2) is 17.2 Å². The third-order valence-electron chi connectivity index (χ3n) is 6.37. The van der Waals surface area contributed by atoms with Gasteiger partial charge in [0.1, 0.15) is 5.75 Å². The number of piperazine rings is 2. The Labute approximate surface area is 201 Å². The van der Waals surface area contributed by atoms with E-state index in [-0.39, 0.29) is 5.91 Å². The number of ether oxygens (including phenoxy) is 1. The van der Waals surface area contributed by atoms with Gasteiger partial charge >= 0.3 is 0 Å². The van der Waals surface area contributed by atoms with Crippen LogP contribution in [0.3, 0.4) is 0 Å². The van der Waals surface area contributed by atoms with Crippen molar-refractivity contribution in [3.05, 3.63) is 41.4 Å². The Morgan fingerprint density at radius 3 is 1.88 bits per heavy atom. The van der Waals surface area contributed by atoms with Crippen molar-refractivity contribution in [2.45, 2.75) is 26.4 Å². The lowest BCUT2D eigenvalue weighted by atomic mass is 10.1. The normalized spacial score (nSPS) is 17.9. The van der Waals surface area contributed by atoms with Gasteiger partial charge in [-0.05, 0) is 56.8 Å². The highest BCUT2D eigenvalue weighted by molar-refractivity contribution is 6.30. The molecule has 1 aromatic heterocycles. The van der Waals surface area contributed by atoms with E-state index in [4.69, 9.17) is 16.3 Å². The van der Waals surface area contributed by atoms with Crippen LogP contribution in [0.5, 0.6) is 5.75 Å². The zero-order valence-electron chi connectivity index (χ0n) is 19.7. The predicted molar refractivity (Wildman–Crippen MR) is 131 cm³/mol. The molecule has 0 bridgehead atoms. The summed E-state index contributed by atoms with van der Waals surface area (Å²) in [6, 6.07) is 11.2. The number of carbonyl (C=O) groups is 1. The number of amides is 1. The van der Waals surface area contributed by atoms with Crippen LogP contribution in [0.2, 0.25) is 5.02 Å². The summed E-state index contributed by atoms with van der Waals surface area (Å²) in [7, 11) is 0. The lowest BCUT2D eigenvalue weighted by molar-refractivity contribution is -0.145. The minimum absolute atomic E-state index is 0.0234. The number of benzene rings is 1. The van der Waals surface area contributed by atoms with E-state index in [9.17, 15) is 4.79 Å². The molecule has 2 aliphatic rings. The van der Waals surface area contributed by atoms with Crippen LogP contribution >= 0.6 is 11.6 Å². The summed E-state index contributed by atoms with van der Waals surface area (Å²) in [5.74, 6) is 2.40. The summed E-state index contributed by atoms with van der Waals surface area (Å²) in [6.45, 7) is 13.7. The number of halogens is 1. The molecule has 1 amide bonds. The smallest absolute Gasteiger partial charge is 0.266 e. The number of carbonyl (C=O) groups excluding carboxylic acids is 1. The standard InChI is InChI=1S/C24H33ClN6O2/c1-4-28-11-13-29(14-12-28)21-9-10-22(27-26-21)30-15-17-31(18-16-30)23(32)24(2,3)33-20-7-5-19(25)6-8-20/h5-10H,4,11-18H2,1-3H3. The van der Waals surface area contributed by atoms with Gasteiger partial charge in [0.2, 0.25) is 0 Å². The van der Waals surface area contributed by atoms with Gasteiger partial charge in [-0.1, -0.05) is 18.5 Å². The molecule has 0 N–H and O–H groups in total. The van der Waals surface area contributed by atoms with Crippen LogP contribution in [0, 0.1) is 0 Å². The second-order valence-electron chi connectivity index (χ2n) is 9.02. The van der Waals surface area contributed by atoms with E-state index in [2.05, 4.69) is 37.9 Å². The maximum absolute atomic E-state index is 13.1. The van der Waals surface area contributed by atoms with Crippen LogP contribution in [-0.4, -0.2) is 90.4 Å². The quantitative estimate of drug-likeness (QED) is 0.640. The van der Waals surface area contributed by atoms with Gasteiger partial charge in [-0.3, -0.25) is 4.79 Å². The van der Waals surface area contributed by atoms with Crippen molar-refractivity contribution < 1.29 is 9.53 Å². The minimum Gasteiger partial charge on any atom is -0.478 e. The molecule has 2 aromatic rings. The van der Waals surface area contributed by atoms with Crippen molar-refractivity contribution >= 4 is 29.1 Å². The molecular weight excluding hydrogens is 440 g/mol. The molecule has 0 spiro atoms. The van der Waals surface area contributed by atoms with Crippen molar-refractivity contribution in [3.63, 3.8) is 0 Å². The molecule has 0 aliphatic carbocycles. The number of anilines is 2.